The predicted octanol–water partition coefficient (Wildman–Crippen LogP) is 5.62. The number of hydrogen-bond donors (Lipinski definition) is 0. The van der Waals surface area contributed by atoms with E-state index in [-0.39, 0.29) is 11.9 Å². The maximum absolute atomic E-state index is 12.6. The topological polar surface area (TPSA) is 26.3 Å². The van der Waals surface area contributed by atoms with E-state index < -0.39 is 0 Å². The van der Waals surface area contributed by atoms with Crippen molar-refractivity contribution in [3.8, 4) is 0 Å². The summed E-state index contributed by atoms with van der Waals surface area (Å²) in [6, 6.07) is 19.8. The van der Waals surface area contributed by atoms with Crippen molar-refractivity contribution in [2.75, 3.05) is 7.11 Å². The molecule has 2 nitrogen and oxygen atoms in total. The molecule has 1 fully saturated rings. The van der Waals surface area contributed by atoms with Crippen LogP contribution in [0.15, 0.2) is 66.2 Å². The molecule has 1 heterocycles. The van der Waals surface area contributed by atoms with E-state index in [0.717, 1.165) is 12.0 Å². The van der Waals surface area contributed by atoms with Gasteiger partial charge in [0.1, 0.15) is 0 Å². The van der Waals surface area contributed by atoms with Crippen molar-refractivity contribution >= 4 is 27.4 Å². The standard InChI is InChI=1S/C24H20O2S/c1-26-24(25)19-11-16-14-7-3-4-8-15(14)22-17(16)12-18(19)23(22)21-10-13-6-2-5-9-20(13)27-21/h2-11,16-18,22-23H,12H2,1H3/t16?,17?,18?,22?,23-/m0/s1. The van der Waals surface area contributed by atoms with Crippen LogP contribution in [0.4, 0.5) is 0 Å². The van der Waals surface area contributed by atoms with Crippen molar-refractivity contribution in [2.24, 2.45) is 11.8 Å². The molecule has 0 saturated heterocycles. The molecule has 3 aliphatic carbocycles. The lowest BCUT2D eigenvalue weighted by atomic mass is 9.77. The van der Waals surface area contributed by atoms with Gasteiger partial charge in [-0.3, -0.25) is 0 Å². The zero-order chi connectivity index (χ0) is 18.1. The number of ether oxygens (including phenoxy) is 1. The first-order valence-electron chi connectivity index (χ1n) is 9.63. The quantitative estimate of drug-likeness (QED) is 0.546. The third-order valence-corrected chi connectivity index (χ3v) is 8.15. The molecule has 1 aromatic heterocycles. The Balaban J connectivity index is 1.57. The van der Waals surface area contributed by atoms with E-state index in [1.54, 1.807) is 0 Å². The van der Waals surface area contributed by atoms with Gasteiger partial charge in [0.05, 0.1) is 7.11 Å². The molecule has 5 atom stereocenters. The second kappa shape index (κ2) is 5.56. The molecule has 27 heavy (non-hydrogen) atoms. The Morgan fingerprint density at radius 3 is 2.63 bits per heavy atom. The summed E-state index contributed by atoms with van der Waals surface area (Å²) in [7, 11) is 1.50. The molecule has 6 rings (SSSR count). The SMILES string of the molecule is COC(=O)C1=CC2c3ccccc3C3C2CC1[C@H]3c1cc2ccccc2s1. The third-order valence-electron chi connectivity index (χ3n) is 6.94. The van der Waals surface area contributed by atoms with Crippen molar-refractivity contribution in [1.82, 2.24) is 0 Å². The Kier molecular flexibility index (Phi) is 3.22. The summed E-state index contributed by atoms with van der Waals surface area (Å²) >= 11 is 1.90. The summed E-state index contributed by atoms with van der Waals surface area (Å²) in [5.74, 6) is 1.96. The van der Waals surface area contributed by atoms with Gasteiger partial charge in [-0.25, -0.2) is 4.79 Å². The largest absolute Gasteiger partial charge is 0.466 e. The predicted molar refractivity (Wildman–Crippen MR) is 108 cm³/mol. The van der Waals surface area contributed by atoms with Gasteiger partial charge >= 0.3 is 5.97 Å². The maximum atomic E-state index is 12.6. The molecule has 134 valence electrons. The van der Waals surface area contributed by atoms with Gasteiger partial charge in [0.2, 0.25) is 0 Å². The van der Waals surface area contributed by atoms with Crippen LogP contribution in [0, 0.1) is 11.8 Å². The van der Waals surface area contributed by atoms with Gasteiger partial charge < -0.3 is 4.74 Å². The van der Waals surface area contributed by atoms with Gasteiger partial charge in [-0.2, -0.15) is 0 Å². The molecule has 0 spiro atoms. The first kappa shape index (κ1) is 15.6. The number of benzene rings is 2. The van der Waals surface area contributed by atoms with Crippen LogP contribution < -0.4 is 0 Å². The van der Waals surface area contributed by atoms with Crippen LogP contribution in [-0.2, 0) is 9.53 Å². The minimum absolute atomic E-state index is 0.144. The molecule has 0 amide bonds. The highest BCUT2D eigenvalue weighted by Gasteiger charge is 2.57. The van der Waals surface area contributed by atoms with E-state index in [2.05, 4.69) is 60.7 Å². The molecule has 3 heteroatoms. The Hall–Kier alpha value is -2.39. The van der Waals surface area contributed by atoms with Crippen LogP contribution in [0.2, 0.25) is 0 Å². The van der Waals surface area contributed by atoms with E-state index in [0.29, 0.717) is 23.7 Å². The van der Waals surface area contributed by atoms with Crippen molar-refractivity contribution in [2.45, 2.75) is 24.2 Å². The zero-order valence-electron chi connectivity index (χ0n) is 15.1. The monoisotopic (exact) mass is 372 g/mol. The third kappa shape index (κ3) is 2.03. The number of esters is 1. The van der Waals surface area contributed by atoms with E-state index in [4.69, 9.17) is 4.74 Å². The Bertz CT molecular complexity index is 1080. The number of rotatable bonds is 2. The molecular formula is C24H20O2S. The van der Waals surface area contributed by atoms with Gasteiger partial charge in [-0.15, -0.1) is 11.3 Å². The van der Waals surface area contributed by atoms with Crippen LogP contribution in [0.25, 0.3) is 10.1 Å². The van der Waals surface area contributed by atoms with Gasteiger partial charge in [0.15, 0.2) is 0 Å². The summed E-state index contributed by atoms with van der Waals surface area (Å²) < 4.78 is 6.51. The van der Waals surface area contributed by atoms with Crippen molar-refractivity contribution in [1.29, 1.82) is 0 Å². The summed E-state index contributed by atoms with van der Waals surface area (Å²) in [6.07, 6.45) is 3.32. The summed E-state index contributed by atoms with van der Waals surface area (Å²) in [5.41, 5.74) is 3.81. The Morgan fingerprint density at radius 2 is 1.81 bits per heavy atom. The average molecular weight is 372 g/mol. The van der Waals surface area contributed by atoms with E-state index >= 15 is 0 Å². The van der Waals surface area contributed by atoms with Crippen LogP contribution in [0.3, 0.4) is 0 Å². The fraction of sp³-hybridized carbons (Fsp3) is 0.292. The number of thiophene rings is 1. The number of carbonyl (C=O) groups is 1. The first-order chi connectivity index (χ1) is 13.3. The minimum Gasteiger partial charge on any atom is -0.466 e. The normalized spacial score (nSPS) is 30.3. The van der Waals surface area contributed by atoms with Crippen molar-refractivity contribution in [3.05, 3.63) is 82.3 Å². The van der Waals surface area contributed by atoms with Gasteiger partial charge in [-0.05, 0) is 52.8 Å². The van der Waals surface area contributed by atoms with Gasteiger partial charge in [-0.1, -0.05) is 48.5 Å². The van der Waals surface area contributed by atoms with Crippen LogP contribution in [0.1, 0.15) is 40.2 Å². The number of hydrogen-bond acceptors (Lipinski definition) is 3. The lowest BCUT2D eigenvalue weighted by Crippen LogP contribution is -2.22. The van der Waals surface area contributed by atoms with Crippen LogP contribution in [0.5, 0.6) is 0 Å². The summed E-state index contributed by atoms with van der Waals surface area (Å²) in [6.45, 7) is 0. The molecule has 3 aliphatic rings. The second-order valence-corrected chi connectivity index (χ2v) is 9.13. The Morgan fingerprint density at radius 1 is 1.04 bits per heavy atom. The highest BCUT2D eigenvalue weighted by Crippen LogP contribution is 2.67. The van der Waals surface area contributed by atoms with Crippen LogP contribution in [-0.4, -0.2) is 13.1 Å². The fourth-order valence-corrected chi connectivity index (χ4v) is 7.25. The van der Waals surface area contributed by atoms with E-state index in [1.807, 2.05) is 11.3 Å². The molecule has 0 aliphatic heterocycles. The number of allylic oxidation sites excluding steroid dienone is 1. The van der Waals surface area contributed by atoms with Gasteiger partial charge in [0.25, 0.3) is 0 Å². The molecular weight excluding hydrogens is 352 g/mol. The molecule has 0 N–H and O–H groups in total. The maximum Gasteiger partial charge on any atom is 0.333 e. The highest BCUT2D eigenvalue weighted by molar-refractivity contribution is 7.19. The lowest BCUT2D eigenvalue weighted by molar-refractivity contribution is -0.136. The molecule has 2 aromatic carbocycles. The highest BCUT2D eigenvalue weighted by atomic mass is 32.1. The van der Waals surface area contributed by atoms with Crippen LogP contribution >= 0.6 is 11.3 Å². The summed E-state index contributed by atoms with van der Waals surface area (Å²) in [4.78, 5) is 14.0. The number of fused-ring (bicyclic) bond motifs is 5. The first-order valence-corrected chi connectivity index (χ1v) is 10.4. The fourth-order valence-electron chi connectivity index (χ4n) is 5.98. The van der Waals surface area contributed by atoms with E-state index in [9.17, 15) is 4.79 Å². The average Bonchev–Trinajstić information content (AvgIpc) is 3.35. The van der Waals surface area contributed by atoms with Crippen molar-refractivity contribution < 1.29 is 9.53 Å². The molecule has 0 radical (unpaired) electrons. The zero-order valence-corrected chi connectivity index (χ0v) is 15.9. The minimum atomic E-state index is -0.144. The molecule has 2 bridgehead atoms. The van der Waals surface area contributed by atoms with E-state index in [1.165, 1.54) is 33.2 Å². The van der Waals surface area contributed by atoms with Gasteiger partial charge in [0, 0.05) is 27.0 Å². The smallest absolute Gasteiger partial charge is 0.333 e. The molecule has 4 unspecified atom stereocenters. The Labute approximate surface area is 162 Å². The van der Waals surface area contributed by atoms with Crippen molar-refractivity contribution in [3.63, 3.8) is 0 Å². The summed E-state index contributed by atoms with van der Waals surface area (Å²) in [5, 5.41) is 1.31. The number of methoxy groups -OCH3 is 1. The second-order valence-electron chi connectivity index (χ2n) is 8.01. The molecule has 1 saturated carbocycles. The lowest BCUT2D eigenvalue weighted by Gasteiger charge is -2.28. The molecule has 3 aromatic rings. The number of carbonyl (C=O) groups excluding carboxylic acids is 1.